The van der Waals surface area contributed by atoms with Crippen LogP contribution < -0.4 is 4.72 Å². The third-order valence-corrected chi connectivity index (χ3v) is 8.05. The van der Waals surface area contributed by atoms with Crippen LogP contribution in [-0.4, -0.2) is 33.9 Å². The summed E-state index contributed by atoms with van der Waals surface area (Å²) in [5, 5.41) is 0. The molecule has 0 saturated carbocycles. The Hall–Kier alpha value is -0.920. The molecular formula is C15H21NO4S2. The maximum atomic E-state index is 12.6. The summed E-state index contributed by atoms with van der Waals surface area (Å²) in [5.41, 5.74) is 1.41. The van der Waals surface area contributed by atoms with E-state index >= 15 is 0 Å². The zero-order chi connectivity index (χ0) is 16.0. The lowest BCUT2D eigenvalue weighted by atomic mass is 9.92. The van der Waals surface area contributed by atoms with Crippen molar-refractivity contribution in [1.29, 1.82) is 0 Å². The maximum Gasteiger partial charge on any atom is 0.241 e. The highest BCUT2D eigenvalue weighted by molar-refractivity contribution is 7.92. The van der Waals surface area contributed by atoms with E-state index in [9.17, 15) is 16.8 Å². The molecule has 0 amide bonds. The molecule has 1 fully saturated rings. The zero-order valence-corrected chi connectivity index (χ0v) is 14.3. The van der Waals surface area contributed by atoms with Crippen LogP contribution in [0.15, 0.2) is 23.1 Å². The van der Waals surface area contributed by atoms with Gasteiger partial charge in [0.2, 0.25) is 10.0 Å². The molecular weight excluding hydrogens is 322 g/mol. The third kappa shape index (κ3) is 3.21. The van der Waals surface area contributed by atoms with E-state index in [-0.39, 0.29) is 16.4 Å². The SMILES string of the molecule is C[C@@]1(NS(=O)(=O)c2ccc3c(c2)CCCC3)CCS(=O)(=O)C1. The molecule has 2 aliphatic rings. The van der Waals surface area contributed by atoms with Gasteiger partial charge < -0.3 is 0 Å². The van der Waals surface area contributed by atoms with Crippen molar-refractivity contribution in [1.82, 2.24) is 4.72 Å². The Morgan fingerprint density at radius 2 is 1.82 bits per heavy atom. The number of hydrogen-bond donors (Lipinski definition) is 1. The highest BCUT2D eigenvalue weighted by Crippen LogP contribution is 2.27. The van der Waals surface area contributed by atoms with E-state index in [0.29, 0.717) is 6.42 Å². The summed E-state index contributed by atoms with van der Waals surface area (Å²) in [5.74, 6) is -0.0968. The van der Waals surface area contributed by atoms with Crippen LogP contribution in [0, 0.1) is 0 Å². The molecule has 0 bridgehead atoms. The number of sulfonamides is 1. The van der Waals surface area contributed by atoms with Crippen molar-refractivity contribution in [3.63, 3.8) is 0 Å². The van der Waals surface area contributed by atoms with Gasteiger partial charge >= 0.3 is 0 Å². The van der Waals surface area contributed by atoms with Crippen LogP contribution in [0.1, 0.15) is 37.3 Å². The molecule has 0 spiro atoms. The molecule has 7 heteroatoms. The second kappa shape index (κ2) is 5.32. The number of rotatable bonds is 3. The van der Waals surface area contributed by atoms with Gasteiger partial charge in [-0.3, -0.25) is 0 Å². The fourth-order valence-corrected chi connectivity index (χ4v) is 7.02. The minimum atomic E-state index is -3.70. The standard InChI is InChI=1S/C15H21NO4S2/c1-15(8-9-21(17,18)11-15)16-22(19,20)14-7-6-12-4-2-3-5-13(12)10-14/h6-7,10,16H,2-5,8-9,11H2,1H3/t15-/m1/s1. The fourth-order valence-electron chi connectivity index (χ4n) is 3.35. The predicted molar refractivity (Wildman–Crippen MR) is 85.1 cm³/mol. The van der Waals surface area contributed by atoms with Gasteiger partial charge in [-0.05, 0) is 62.3 Å². The molecule has 1 aliphatic heterocycles. The molecule has 1 saturated heterocycles. The van der Waals surface area contributed by atoms with Crippen molar-refractivity contribution >= 4 is 19.9 Å². The van der Waals surface area contributed by atoms with E-state index < -0.39 is 25.4 Å². The van der Waals surface area contributed by atoms with Crippen LogP contribution in [0.25, 0.3) is 0 Å². The van der Waals surface area contributed by atoms with Gasteiger partial charge in [0.05, 0.1) is 16.4 Å². The third-order valence-electron chi connectivity index (χ3n) is 4.51. The van der Waals surface area contributed by atoms with Gasteiger partial charge in [-0.1, -0.05) is 6.07 Å². The Bertz CT molecular complexity index is 799. The van der Waals surface area contributed by atoms with Crippen LogP contribution in [0.5, 0.6) is 0 Å². The summed E-state index contributed by atoms with van der Waals surface area (Å²) in [4.78, 5) is 0.235. The predicted octanol–water partition coefficient (Wildman–Crippen LogP) is 1.42. The summed E-state index contributed by atoms with van der Waals surface area (Å²) in [6, 6.07) is 5.25. The van der Waals surface area contributed by atoms with Crippen molar-refractivity contribution < 1.29 is 16.8 Å². The van der Waals surface area contributed by atoms with Gasteiger partial charge in [0.1, 0.15) is 0 Å². The number of benzene rings is 1. The molecule has 1 aliphatic carbocycles. The fraction of sp³-hybridized carbons (Fsp3) is 0.600. The smallest absolute Gasteiger partial charge is 0.229 e. The first-order valence-corrected chi connectivity index (χ1v) is 10.9. The van der Waals surface area contributed by atoms with Crippen molar-refractivity contribution in [2.24, 2.45) is 0 Å². The number of fused-ring (bicyclic) bond motifs is 1. The average Bonchev–Trinajstić information content (AvgIpc) is 2.71. The number of sulfone groups is 1. The molecule has 1 aromatic carbocycles. The molecule has 1 aromatic rings. The van der Waals surface area contributed by atoms with Gasteiger partial charge in [-0.2, -0.15) is 0 Å². The van der Waals surface area contributed by atoms with Gasteiger partial charge in [-0.15, -0.1) is 0 Å². The van der Waals surface area contributed by atoms with Gasteiger partial charge in [-0.25, -0.2) is 21.6 Å². The Labute approximate surface area is 132 Å². The summed E-state index contributed by atoms with van der Waals surface area (Å²) in [7, 11) is -6.85. The van der Waals surface area contributed by atoms with Gasteiger partial charge in [0.15, 0.2) is 9.84 Å². The normalized spacial score (nSPS) is 27.5. The van der Waals surface area contributed by atoms with E-state index in [4.69, 9.17) is 0 Å². The molecule has 122 valence electrons. The molecule has 5 nitrogen and oxygen atoms in total. The lowest BCUT2D eigenvalue weighted by Crippen LogP contribution is -2.46. The molecule has 0 unspecified atom stereocenters. The zero-order valence-electron chi connectivity index (χ0n) is 12.6. The number of aryl methyl sites for hydroxylation is 2. The average molecular weight is 343 g/mol. The Balaban J connectivity index is 1.87. The van der Waals surface area contributed by atoms with E-state index in [0.717, 1.165) is 31.2 Å². The van der Waals surface area contributed by atoms with Crippen molar-refractivity contribution in [2.45, 2.75) is 49.5 Å². The quantitative estimate of drug-likeness (QED) is 0.900. The van der Waals surface area contributed by atoms with Crippen molar-refractivity contribution in [3.05, 3.63) is 29.3 Å². The van der Waals surface area contributed by atoms with Crippen LogP contribution in [0.2, 0.25) is 0 Å². The van der Waals surface area contributed by atoms with E-state index in [1.807, 2.05) is 6.07 Å². The molecule has 22 heavy (non-hydrogen) atoms. The summed E-state index contributed by atoms with van der Waals surface area (Å²) in [6.45, 7) is 1.66. The molecule has 1 heterocycles. The van der Waals surface area contributed by atoms with Crippen molar-refractivity contribution in [3.8, 4) is 0 Å². The highest BCUT2D eigenvalue weighted by Gasteiger charge is 2.41. The first-order chi connectivity index (χ1) is 10.2. The molecule has 1 atom stereocenters. The second-order valence-corrected chi connectivity index (χ2v) is 10.5. The van der Waals surface area contributed by atoms with Gasteiger partial charge in [0.25, 0.3) is 0 Å². The van der Waals surface area contributed by atoms with Crippen LogP contribution >= 0.6 is 0 Å². The highest BCUT2D eigenvalue weighted by atomic mass is 32.2. The second-order valence-electron chi connectivity index (χ2n) is 6.65. The Morgan fingerprint density at radius 1 is 1.14 bits per heavy atom. The lowest BCUT2D eigenvalue weighted by Gasteiger charge is -2.24. The number of nitrogens with one attached hydrogen (secondary N) is 1. The topological polar surface area (TPSA) is 80.3 Å². The van der Waals surface area contributed by atoms with E-state index in [1.165, 1.54) is 5.56 Å². The Morgan fingerprint density at radius 3 is 2.45 bits per heavy atom. The monoisotopic (exact) mass is 343 g/mol. The van der Waals surface area contributed by atoms with E-state index in [2.05, 4.69) is 4.72 Å². The van der Waals surface area contributed by atoms with Gasteiger partial charge in [0, 0.05) is 5.54 Å². The minimum Gasteiger partial charge on any atom is -0.229 e. The summed E-state index contributed by atoms with van der Waals surface area (Å²) in [6.07, 6.45) is 4.45. The largest absolute Gasteiger partial charge is 0.241 e. The minimum absolute atomic E-state index is 0.0379. The molecule has 0 radical (unpaired) electrons. The molecule has 1 N–H and O–H groups in total. The Kier molecular flexibility index (Phi) is 3.86. The first-order valence-electron chi connectivity index (χ1n) is 7.55. The molecule has 0 aromatic heterocycles. The summed E-state index contributed by atoms with van der Waals surface area (Å²) < 4.78 is 51.0. The van der Waals surface area contributed by atoms with Crippen LogP contribution in [0.4, 0.5) is 0 Å². The van der Waals surface area contributed by atoms with E-state index in [1.54, 1.807) is 19.1 Å². The van der Waals surface area contributed by atoms with Crippen LogP contribution in [0.3, 0.4) is 0 Å². The maximum absolute atomic E-state index is 12.6. The number of hydrogen-bond acceptors (Lipinski definition) is 4. The summed E-state index contributed by atoms with van der Waals surface area (Å²) >= 11 is 0. The first kappa shape index (κ1) is 16.0. The van der Waals surface area contributed by atoms with Crippen LogP contribution in [-0.2, 0) is 32.7 Å². The molecule has 3 rings (SSSR count). The van der Waals surface area contributed by atoms with Crippen molar-refractivity contribution in [2.75, 3.05) is 11.5 Å². The lowest BCUT2D eigenvalue weighted by molar-refractivity contribution is 0.461.